The molecule has 2 aromatic rings. The third-order valence-corrected chi connectivity index (χ3v) is 2.31. The van der Waals surface area contributed by atoms with E-state index in [2.05, 4.69) is 20.5 Å². The summed E-state index contributed by atoms with van der Waals surface area (Å²) in [5.74, 6) is -1.35. The largest absolute Gasteiger partial charge is 0.456 e. The van der Waals surface area contributed by atoms with Crippen LogP contribution in [0.15, 0.2) is 10.7 Å². The predicted molar refractivity (Wildman–Crippen MR) is 57.8 cm³/mol. The Morgan fingerprint density at radius 2 is 2.20 bits per heavy atom. The lowest BCUT2D eigenvalue weighted by molar-refractivity contribution is -0.0888. The number of rotatable bonds is 5. The fourth-order valence-corrected chi connectivity index (χ4v) is 1.44. The van der Waals surface area contributed by atoms with Crippen LogP contribution in [-0.4, -0.2) is 37.1 Å². The van der Waals surface area contributed by atoms with Crippen LogP contribution in [0.5, 0.6) is 0 Å². The lowest BCUT2D eigenvalue weighted by Crippen LogP contribution is -2.23. The quantitative estimate of drug-likeness (QED) is 0.773. The molecule has 0 saturated carbocycles. The van der Waals surface area contributed by atoms with Crippen molar-refractivity contribution in [1.29, 1.82) is 0 Å². The normalized spacial score (nSPS) is 11.8. The standard InChI is InChI=1S/C10H10F3N5O2/c1-2-3-8-14-7(16-20-8)5-18-4-6(15-17-18)9(19)10(11,12)13/h4H,2-3,5H2,1H3. The molecule has 108 valence electrons. The van der Waals surface area contributed by atoms with Gasteiger partial charge in [-0.2, -0.15) is 18.2 Å². The zero-order valence-electron chi connectivity index (χ0n) is 10.4. The number of aryl methyl sites for hydroxylation is 1. The van der Waals surface area contributed by atoms with Gasteiger partial charge in [0.15, 0.2) is 11.5 Å². The minimum absolute atomic E-state index is 0.0225. The van der Waals surface area contributed by atoms with Crippen molar-refractivity contribution in [2.75, 3.05) is 0 Å². The summed E-state index contributed by atoms with van der Waals surface area (Å²) < 4.78 is 42.5. The van der Waals surface area contributed by atoms with E-state index in [1.54, 1.807) is 0 Å². The lowest BCUT2D eigenvalue weighted by atomic mass is 10.3. The van der Waals surface area contributed by atoms with Crippen LogP contribution in [-0.2, 0) is 13.0 Å². The smallest absolute Gasteiger partial charge is 0.339 e. The monoisotopic (exact) mass is 289 g/mol. The number of Topliss-reactive ketones (excluding diaryl/α,β-unsaturated/α-hetero) is 1. The number of aromatic nitrogens is 5. The van der Waals surface area contributed by atoms with E-state index in [1.807, 2.05) is 6.92 Å². The molecule has 0 saturated heterocycles. The maximum atomic E-state index is 12.2. The van der Waals surface area contributed by atoms with E-state index in [0.717, 1.165) is 17.3 Å². The Kier molecular flexibility index (Phi) is 3.81. The van der Waals surface area contributed by atoms with Crippen molar-refractivity contribution in [3.63, 3.8) is 0 Å². The summed E-state index contributed by atoms with van der Waals surface area (Å²) >= 11 is 0. The van der Waals surface area contributed by atoms with Crippen molar-refractivity contribution < 1.29 is 22.5 Å². The fraction of sp³-hybridized carbons (Fsp3) is 0.500. The Bertz CT molecular complexity index is 604. The summed E-state index contributed by atoms with van der Waals surface area (Å²) in [6, 6.07) is 0. The summed E-state index contributed by atoms with van der Waals surface area (Å²) in [5, 5.41) is 10.3. The number of halogens is 3. The second kappa shape index (κ2) is 5.39. The maximum Gasteiger partial charge on any atom is 0.456 e. The van der Waals surface area contributed by atoms with Crippen LogP contribution in [0, 0.1) is 0 Å². The molecule has 0 N–H and O–H groups in total. The van der Waals surface area contributed by atoms with Gasteiger partial charge in [-0.25, -0.2) is 4.68 Å². The van der Waals surface area contributed by atoms with Crippen LogP contribution in [0.2, 0.25) is 0 Å². The molecule has 2 rings (SSSR count). The van der Waals surface area contributed by atoms with Crippen molar-refractivity contribution in [1.82, 2.24) is 25.1 Å². The molecular weight excluding hydrogens is 279 g/mol. The van der Waals surface area contributed by atoms with Crippen molar-refractivity contribution in [3.05, 3.63) is 23.6 Å². The third kappa shape index (κ3) is 3.19. The first-order valence-electron chi connectivity index (χ1n) is 5.73. The third-order valence-electron chi connectivity index (χ3n) is 2.31. The minimum atomic E-state index is -4.97. The van der Waals surface area contributed by atoms with Gasteiger partial charge in [-0.1, -0.05) is 17.3 Å². The summed E-state index contributed by atoms with van der Waals surface area (Å²) in [4.78, 5) is 15.0. The van der Waals surface area contributed by atoms with Gasteiger partial charge in [-0.15, -0.1) is 5.10 Å². The van der Waals surface area contributed by atoms with E-state index in [4.69, 9.17) is 4.52 Å². The molecule has 20 heavy (non-hydrogen) atoms. The van der Waals surface area contributed by atoms with E-state index in [-0.39, 0.29) is 12.4 Å². The lowest BCUT2D eigenvalue weighted by Gasteiger charge is -1.99. The number of hydrogen-bond acceptors (Lipinski definition) is 6. The first-order chi connectivity index (χ1) is 9.40. The molecule has 0 atom stereocenters. The summed E-state index contributed by atoms with van der Waals surface area (Å²) in [6.07, 6.45) is -2.63. The Hall–Kier alpha value is -2.26. The van der Waals surface area contributed by atoms with Crippen LogP contribution in [0.1, 0.15) is 35.5 Å². The second-order valence-corrected chi connectivity index (χ2v) is 3.98. The number of ketones is 1. The van der Waals surface area contributed by atoms with E-state index in [1.165, 1.54) is 0 Å². The summed E-state index contributed by atoms with van der Waals surface area (Å²) in [5.41, 5.74) is -0.769. The van der Waals surface area contributed by atoms with Gasteiger partial charge in [-0.05, 0) is 6.42 Å². The molecular formula is C10H10F3N5O2. The SMILES string of the molecule is CCCc1nc(Cn2cc(C(=O)C(F)(F)F)nn2)no1. The first kappa shape index (κ1) is 14.2. The maximum absolute atomic E-state index is 12.2. The predicted octanol–water partition coefficient (Wildman–Crippen LogP) is 1.41. The zero-order valence-corrected chi connectivity index (χ0v) is 10.4. The average molecular weight is 289 g/mol. The van der Waals surface area contributed by atoms with Crippen LogP contribution in [0.4, 0.5) is 13.2 Å². The van der Waals surface area contributed by atoms with Crippen LogP contribution in [0.25, 0.3) is 0 Å². The van der Waals surface area contributed by atoms with Gasteiger partial charge in [-0.3, -0.25) is 4.79 Å². The Morgan fingerprint density at radius 3 is 2.85 bits per heavy atom. The molecule has 2 aromatic heterocycles. The summed E-state index contributed by atoms with van der Waals surface area (Å²) in [6.45, 7) is 1.92. The van der Waals surface area contributed by atoms with Gasteiger partial charge >= 0.3 is 6.18 Å². The van der Waals surface area contributed by atoms with Gasteiger partial charge in [0.25, 0.3) is 5.78 Å². The molecule has 0 aliphatic rings. The Morgan fingerprint density at radius 1 is 1.45 bits per heavy atom. The van der Waals surface area contributed by atoms with E-state index >= 15 is 0 Å². The van der Waals surface area contributed by atoms with E-state index in [0.29, 0.717) is 12.3 Å². The van der Waals surface area contributed by atoms with Gasteiger partial charge in [0.1, 0.15) is 6.54 Å². The van der Waals surface area contributed by atoms with Crippen molar-refractivity contribution in [2.24, 2.45) is 0 Å². The number of alkyl halides is 3. The molecule has 0 radical (unpaired) electrons. The molecule has 0 aromatic carbocycles. The van der Waals surface area contributed by atoms with Crippen LogP contribution in [0.3, 0.4) is 0 Å². The highest BCUT2D eigenvalue weighted by molar-refractivity contribution is 5.98. The summed E-state index contributed by atoms with van der Waals surface area (Å²) in [7, 11) is 0. The molecule has 0 bridgehead atoms. The number of hydrogen-bond donors (Lipinski definition) is 0. The molecule has 0 unspecified atom stereocenters. The number of nitrogens with zero attached hydrogens (tertiary/aromatic N) is 5. The fourth-order valence-electron chi connectivity index (χ4n) is 1.44. The highest BCUT2D eigenvalue weighted by Gasteiger charge is 2.41. The average Bonchev–Trinajstić information content (AvgIpc) is 2.98. The Balaban J connectivity index is 2.07. The zero-order chi connectivity index (χ0) is 14.8. The van der Waals surface area contributed by atoms with Gasteiger partial charge in [0.2, 0.25) is 5.89 Å². The van der Waals surface area contributed by atoms with Crippen molar-refractivity contribution in [2.45, 2.75) is 32.5 Å². The topological polar surface area (TPSA) is 86.7 Å². The molecule has 0 aliphatic heterocycles. The van der Waals surface area contributed by atoms with Gasteiger partial charge in [0, 0.05) is 6.42 Å². The molecule has 10 heteroatoms. The molecule has 0 amide bonds. The van der Waals surface area contributed by atoms with Crippen molar-refractivity contribution >= 4 is 5.78 Å². The molecule has 0 aliphatic carbocycles. The first-order valence-corrected chi connectivity index (χ1v) is 5.73. The highest BCUT2D eigenvalue weighted by Crippen LogP contribution is 2.19. The van der Waals surface area contributed by atoms with Crippen LogP contribution >= 0.6 is 0 Å². The second-order valence-electron chi connectivity index (χ2n) is 3.98. The molecule has 0 spiro atoms. The minimum Gasteiger partial charge on any atom is -0.339 e. The number of carbonyl (C=O) groups is 1. The van der Waals surface area contributed by atoms with E-state index in [9.17, 15) is 18.0 Å². The van der Waals surface area contributed by atoms with E-state index < -0.39 is 17.7 Å². The Labute approximate surface area is 110 Å². The molecule has 2 heterocycles. The van der Waals surface area contributed by atoms with Gasteiger partial charge in [0.05, 0.1) is 6.20 Å². The molecule has 0 fully saturated rings. The highest BCUT2D eigenvalue weighted by atomic mass is 19.4. The van der Waals surface area contributed by atoms with Crippen LogP contribution < -0.4 is 0 Å². The van der Waals surface area contributed by atoms with Crippen molar-refractivity contribution in [3.8, 4) is 0 Å². The molecule has 7 nitrogen and oxygen atoms in total. The van der Waals surface area contributed by atoms with Gasteiger partial charge < -0.3 is 4.52 Å². The number of carbonyl (C=O) groups excluding carboxylic acids is 1.